The minimum Gasteiger partial charge on any atom is -0.270 e. The summed E-state index contributed by atoms with van der Waals surface area (Å²) in [7, 11) is 0. The highest BCUT2D eigenvalue weighted by atomic mass is 15.2. The van der Waals surface area contributed by atoms with Gasteiger partial charge in [0, 0.05) is 6.04 Å². The predicted molar refractivity (Wildman–Crippen MR) is 45.0 cm³/mol. The van der Waals surface area contributed by atoms with Gasteiger partial charge in [-0.15, -0.1) is 0 Å². The lowest BCUT2D eigenvalue weighted by Crippen LogP contribution is -2.39. The van der Waals surface area contributed by atoms with Gasteiger partial charge in [-0.05, 0) is 26.7 Å². The van der Waals surface area contributed by atoms with Crippen LogP contribution in [0.4, 0.5) is 0 Å². The van der Waals surface area contributed by atoms with Gasteiger partial charge in [0.25, 0.3) is 0 Å². The van der Waals surface area contributed by atoms with E-state index < -0.39 is 0 Å². The third-order valence-corrected chi connectivity index (χ3v) is 2.33. The van der Waals surface area contributed by atoms with Gasteiger partial charge in [0.1, 0.15) is 0 Å². The van der Waals surface area contributed by atoms with E-state index in [1.807, 2.05) is 18.7 Å². The Kier molecular flexibility index (Phi) is 2.68. The van der Waals surface area contributed by atoms with Crippen molar-refractivity contribution in [2.75, 3.05) is 0 Å². The van der Waals surface area contributed by atoms with E-state index in [4.69, 9.17) is 10.5 Å². The molecule has 0 aromatic heterocycles. The Morgan fingerprint density at radius 2 is 1.58 bits per heavy atom. The van der Waals surface area contributed by atoms with Gasteiger partial charge in [-0.2, -0.15) is 10.5 Å². The van der Waals surface area contributed by atoms with Gasteiger partial charge >= 0.3 is 0 Å². The summed E-state index contributed by atoms with van der Waals surface area (Å²) in [6.07, 6.45) is 1.68. The number of nitriles is 2. The van der Waals surface area contributed by atoms with Crippen LogP contribution in [-0.2, 0) is 0 Å². The third kappa shape index (κ3) is 1.42. The Hall–Kier alpha value is -1.06. The van der Waals surface area contributed by atoms with Gasteiger partial charge in [0.15, 0.2) is 0 Å². The van der Waals surface area contributed by atoms with Crippen LogP contribution in [0.1, 0.15) is 26.7 Å². The van der Waals surface area contributed by atoms with Crippen LogP contribution in [0, 0.1) is 22.7 Å². The fourth-order valence-electron chi connectivity index (χ4n) is 1.81. The predicted octanol–water partition coefficient (Wildman–Crippen LogP) is 1.27. The molecule has 2 atom stereocenters. The molecule has 1 fully saturated rings. The van der Waals surface area contributed by atoms with E-state index in [2.05, 4.69) is 12.1 Å². The zero-order chi connectivity index (χ0) is 9.14. The smallest absolute Gasteiger partial charge is 0.0991 e. The summed E-state index contributed by atoms with van der Waals surface area (Å²) >= 11 is 0. The molecule has 1 rings (SSSR count). The Labute approximate surface area is 73.2 Å². The minimum absolute atomic E-state index is 0.0466. The molecule has 1 saturated heterocycles. The van der Waals surface area contributed by atoms with Crippen molar-refractivity contribution in [1.29, 1.82) is 10.5 Å². The molecule has 0 N–H and O–H groups in total. The zero-order valence-corrected chi connectivity index (χ0v) is 7.49. The average Bonchev–Trinajstić information content (AvgIpc) is 2.46. The average molecular weight is 163 g/mol. The van der Waals surface area contributed by atoms with Gasteiger partial charge in [-0.25, -0.2) is 0 Å². The maximum absolute atomic E-state index is 8.80. The van der Waals surface area contributed by atoms with E-state index in [9.17, 15) is 0 Å². The molecule has 0 bridgehead atoms. The quantitative estimate of drug-likeness (QED) is 0.585. The molecular formula is C9H13N3. The molecule has 64 valence electrons. The molecule has 0 saturated carbocycles. The van der Waals surface area contributed by atoms with Crippen molar-refractivity contribution in [2.24, 2.45) is 0 Å². The Morgan fingerprint density at radius 3 is 1.83 bits per heavy atom. The number of hydrogen-bond acceptors (Lipinski definition) is 3. The molecule has 3 nitrogen and oxygen atoms in total. The lowest BCUT2D eigenvalue weighted by Gasteiger charge is -2.26. The van der Waals surface area contributed by atoms with Gasteiger partial charge in [-0.3, -0.25) is 4.90 Å². The van der Waals surface area contributed by atoms with Crippen molar-refractivity contribution in [1.82, 2.24) is 4.90 Å². The summed E-state index contributed by atoms with van der Waals surface area (Å²) in [6.45, 7) is 4.06. The highest BCUT2D eigenvalue weighted by molar-refractivity contribution is 5.07. The summed E-state index contributed by atoms with van der Waals surface area (Å²) in [4.78, 5) is 2.00. The minimum atomic E-state index is -0.0466. The Bertz CT molecular complexity index is 211. The Balaban J connectivity index is 2.75. The molecule has 12 heavy (non-hydrogen) atoms. The maximum atomic E-state index is 8.80. The van der Waals surface area contributed by atoms with Crippen molar-refractivity contribution in [3.05, 3.63) is 0 Å². The molecular weight excluding hydrogens is 150 g/mol. The van der Waals surface area contributed by atoms with E-state index in [1.165, 1.54) is 0 Å². The lowest BCUT2D eigenvalue weighted by atomic mass is 10.2. The largest absolute Gasteiger partial charge is 0.270 e. The van der Waals surface area contributed by atoms with Gasteiger partial charge in [0.2, 0.25) is 0 Å². The molecule has 3 heteroatoms. The molecule has 0 aliphatic carbocycles. The number of hydrogen-bond donors (Lipinski definition) is 0. The van der Waals surface area contributed by atoms with Crippen molar-refractivity contribution in [2.45, 2.75) is 44.8 Å². The normalized spacial score (nSPS) is 30.1. The van der Waals surface area contributed by atoms with Crippen LogP contribution in [-0.4, -0.2) is 23.0 Å². The molecule has 0 radical (unpaired) electrons. The van der Waals surface area contributed by atoms with Crippen LogP contribution >= 0.6 is 0 Å². The van der Waals surface area contributed by atoms with Gasteiger partial charge < -0.3 is 0 Å². The van der Waals surface area contributed by atoms with Crippen LogP contribution in [0.25, 0.3) is 0 Å². The first-order valence-corrected chi connectivity index (χ1v) is 4.27. The lowest BCUT2D eigenvalue weighted by molar-refractivity contribution is 0.204. The van der Waals surface area contributed by atoms with Crippen molar-refractivity contribution in [3.63, 3.8) is 0 Å². The molecule has 0 spiro atoms. The summed E-state index contributed by atoms with van der Waals surface area (Å²) in [5.74, 6) is 0. The number of nitrogens with zero attached hydrogens (tertiary/aromatic N) is 3. The second kappa shape index (κ2) is 3.56. The van der Waals surface area contributed by atoms with Gasteiger partial charge in [-0.1, -0.05) is 0 Å². The highest BCUT2D eigenvalue weighted by Gasteiger charge is 2.34. The fraction of sp³-hybridized carbons (Fsp3) is 0.778. The maximum Gasteiger partial charge on any atom is 0.0991 e. The van der Waals surface area contributed by atoms with Crippen molar-refractivity contribution < 1.29 is 0 Å². The molecule has 1 aliphatic heterocycles. The van der Waals surface area contributed by atoms with Crippen LogP contribution in [0.15, 0.2) is 0 Å². The van der Waals surface area contributed by atoms with Crippen LogP contribution < -0.4 is 0 Å². The van der Waals surface area contributed by atoms with Crippen molar-refractivity contribution in [3.8, 4) is 12.1 Å². The summed E-state index contributed by atoms with van der Waals surface area (Å²) in [6, 6.07) is 4.67. The fourth-order valence-corrected chi connectivity index (χ4v) is 1.81. The van der Waals surface area contributed by atoms with Crippen LogP contribution in [0.5, 0.6) is 0 Å². The van der Waals surface area contributed by atoms with Crippen molar-refractivity contribution >= 4 is 0 Å². The first-order valence-electron chi connectivity index (χ1n) is 4.27. The number of rotatable bonds is 1. The monoisotopic (exact) mass is 163 g/mol. The topological polar surface area (TPSA) is 50.8 Å². The molecule has 0 aromatic carbocycles. The van der Waals surface area contributed by atoms with E-state index >= 15 is 0 Å². The molecule has 1 aliphatic rings. The molecule has 0 unspecified atom stereocenters. The second-order valence-electron chi connectivity index (χ2n) is 3.41. The first kappa shape index (κ1) is 9.03. The molecule has 0 amide bonds. The van der Waals surface area contributed by atoms with E-state index in [-0.39, 0.29) is 12.1 Å². The van der Waals surface area contributed by atoms with E-state index in [1.54, 1.807) is 0 Å². The van der Waals surface area contributed by atoms with E-state index in [0.29, 0.717) is 6.04 Å². The molecule has 1 heterocycles. The summed E-state index contributed by atoms with van der Waals surface area (Å²) < 4.78 is 0. The standard InChI is InChI=1S/C9H13N3/c1-7(2)12-8(5-10)3-4-9(12)6-11/h7-9H,3-4H2,1-2H3/t8-,9+. The Morgan fingerprint density at radius 1 is 1.17 bits per heavy atom. The van der Waals surface area contributed by atoms with E-state index in [0.717, 1.165) is 12.8 Å². The van der Waals surface area contributed by atoms with Crippen LogP contribution in [0.3, 0.4) is 0 Å². The molecule has 0 aromatic rings. The third-order valence-electron chi connectivity index (χ3n) is 2.33. The van der Waals surface area contributed by atoms with Crippen LogP contribution in [0.2, 0.25) is 0 Å². The second-order valence-corrected chi connectivity index (χ2v) is 3.41. The SMILES string of the molecule is CC(C)N1[C@H](C#N)CC[C@@H]1C#N. The van der Waals surface area contributed by atoms with Gasteiger partial charge in [0.05, 0.1) is 24.2 Å². The zero-order valence-electron chi connectivity index (χ0n) is 7.49. The summed E-state index contributed by atoms with van der Waals surface area (Å²) in [5.41, 5.74) is 0. The summed E-state index contributed by atoms with van der Waals surface area (Å²) in [5, 5.41) is 17.6. The first-order chi connectivity index (χ1) is 5.70. The number of likely N-dealkylation sites (tertiary alicyclic amines) is 1. The highest BCUT2D eigenvalue weighted by Crippen LogP contribution is 2.25.